The van der Waals surface area contributed by atoms with E-state index in [0.29, 0.717) is 0 Å². The summed E-state index contributed by atoms with van der Waals surface area (Å²) >= 11 is 0. The first kappa shape index (κ1) is 35.1. The van der Waals surface area contributed by atoms with Gasteiger partial charge in [-0.25, -0.2) is 0 Å². The smallest absolute Gasteiger partial charge is 0.132 e. The fourth-order valence-corrected chi connectivity index (χ4v) is 5.70. The van der Waals surface area contributed by atoms with Crippen LogP contribution in [-0.4, -0.2) is 48.8 Å². The number of quaternary nitrogens is 1. The highest BCUT2D eigenvalue weighted by atomic mass is 127. The van der Waals surface area contributed by atoms with Crippen LogP contribution in [0.2, 0.25) is 0 Å². The largest absolute Gasteiger partial charge is 1.00 e. The van der Waals surface area contributed by atoms with Gasteiger partial charge in [0.15, 0.2) is 0 Å². The topological polar surface area (TPSA) is 6.48 Å². The first-order chi connectivity index (χ1) is 19.2. The lowest BCUT2D eigenvalue weighted by molar-refractivity contribution is -0.00000860. The lowest BCUT2D eigenvalue weighted by Gasteiger charge is -2.30. The molecule has 0 unspecified atom stereocenters. The van der Waals surface area contributed by atoms with Gasteiger partial charge in [0, 0.05) is 45.5 Å². The average Bonchev–Trinajstić information content (AvgIpc) is 2.95. The van der Waals surface area contributed by atoms with Crippen LogP contribution in [0.15, 0.2) is 72.8 Å². The van der Waals surface area contributed by atoms with Crippen molar-refractivity contribution < 1.29 is 24.0 Å². The minimum Gasteiger partial charge on any atom is -1.00 e. The highest BCUT2D eigenvalue weighted by Gasteiger charge is 2.21. The predicted molar refractivity (Wildman–Crippen MR) is 179 cm³/mol. The van der Waals surface area contributed by atoms with Crippen LogP contribution in [0.25, 0.3) is 0 Å². The van der Waals surface area contributed by atoms with Gasteiger partial charge >= 0.3 is 0 Å². The maximum atomic E-state index is 2.36. The Hall–Kier alpha value is -2.05. The minimum atomic E-state index is 0. The van der Waals surface area contributed by atoms with Crippen molar-refractivity contribution in [2.45, 2.75) is 77.0 Å². The summed E-state index contributed by atoms with van der Waals surface area (Å²) in [5.74, 6) is 0.207. The van der Waals surface area contributed by atoms with E-state index in [1.165, 1.54) is 105 Å². The Morgan fingerprint density at radius 1 is 0.512 bits per heavy atom. The maximum absolute atomic E-state index is 2.36. The Morgan fingerprint density at radius 2 is 0.854 bits per heavy atom. The molecule has 3 aromatic rings. The Balaban J connectivity index is 0.00000588. The van der Waals surface area contributed by atoms with Crippen LogP contribution in [0.5, 0.6) is 0 Å². The molecule has 0 spiro atoms. The zero-order valence-corrected chi connectivity index (χ0v) is 29.2. The van der Waals surface area contributed by atoms with Crippen LogP contribution in [-0.2, 0) is 0 Å². The fourth-order valence-electron chi connectivity index (χ4n) is 5.70. The average molecular weight is 670 g/mol. The lowest BCUT2D eigenvalue weighted by atomic mass is 9.85. The summed E-state index contributed by atoms with van der Waals surface area (Å²) in [5.41, 5.74) is 7.85. The molecule has 0 heterocycles. The first-order valence-corrected chi connectivity index (χ1v) is 15.7. The number of hydrogen-bond acceptors (Lipinski definition) is 2. The molecule has 0 saturated carbocycles. The number of rotatable bonds is 17. The van der Waals surface area contributed by atoms with E-state index < -0.39 is 0 Å². The molecule has 0 fully saturated rings. The van der Waals surface area contributed by atoms with Crippen LogP contribution in [0.4, 0.5) is 17.1 Å². The SMILES string of the molecule is CCCCCCCCCCCC[N+](C)(C)c1ccc(C(c2ccc(N(C)C)cc2)c2ccc(N(C)C)cc2)cc1.[I-]. The van der Waals surface area contributed by atoms with Gasteiger partial charge in [-0.3, -0.25) is 4.48 Å². The second kappa shape index (κ2) is 17.8. The number of nitrogens with zero attached hydrogens (tertiary/aromatic N) is 3. The normalized spacial score (nSPS) is 11.4. The van der Waals surface area contributed by atoms with Crippen LogP contribution in [0, 0.1) is 0 Å². The minimum absolute atomic E-state index is 0. The van der Waals surface area contributed by atoms with E-state index in [1.54, 1.807) is 0 Å². The molecular formula is C37H56IN3. The van der Waals surface area contributed by atoms with E-state index in [9.17, 15) is 0 Å². The van der Waals surface area contributed by atoms with Crippen LogP contribution >= 0.6 is 0 Å². The van der Waals surface area contributed by atoms with Gasteiger partial charge in [-0.1, -0.05) is 94.7 Å². The molecule has 3 nitrogen and oxygen atoms in total. The van der Waals surface area contributed by atoms with Gasteiger partial charge in [-0.05, 0) is 65.9 Å². The van der Waals surface area contributed by atoms with Gasteiger partial charge in [-0.15, -0.1) is 0 Å². The molecule has 0 atom stereocenters. The third-order valence-electron chi connectivity index (χ3n) is 8.48. The Bertz CT molecular complexity index is 1050. The Morgan fingerprint density at radius 3 is 1.22 bits per heavy atom. The quantitative estimate of drug-likeness (QED) is 0.0702. The van der Waals surface area contributed by atoms with Gasteiger partial charge in [0.1, 0.15) is 5.69 Å². The van der Waals surface area contributed by atoms with Gasteiger partial charge < -0.3 is 33.8 Å². The zero-order valence-electron chi connectivity index (χ0n) is 27.0. The summed E-state index contributed by atoms with van der Waals surface area (Å²) in [5, 5.41) is 0. The van der Waals surface area contributed by atoms with E-state index in [2.05, 4.69) is 132 Å². The highest BCUT2D eigenvalue weighted by molar-refractivity contribution is 5.54. The molecular weight excluding hydrogens is 613 g/mol. The zero-order chi connectivity index (χ0) is 29.0. The van der Waals surface area contributed by atoms with Gasteiger partial charge in [0.25, 0.3) is 0 Å². The first-order valence-electron chi connectivity index (χ1n) is 15.7. The molecule has 0 aromatic heterocycles. The summed E-state index contributed by atoms with van der Waals surface area (Å²) in [6.07, 6.45) is 13.9. The lowest BCUT2D eigenvalue weighted by Crippen LogP contribution is -3.00. The standard InChI is InChI=1S/C37H56N3.HI/c1-8-9-10-11-12-13-14-15-16-17-30-40(6,7)36-28-22-33(23-29-36)37(31-18-24-34(25-19-31)38(2)3)32-20-26-35(27-21-32)39(4)5;/h18-29,37H,8-17,30H2,1-7H3;1H/q+1;/p-1. The van der Waals surface area contributed by atoms with Crippen molar-refractivity contribution in [3.8, 4) is 0 Å². The molecule has 3 rings (SSSR count). The van der Waals surface area contributed by atoms with E-state index in [4.69, 9.17) is 0 Å². The monoisotopic (exact) mass is 669 g/mol. The molecule has 0 amide bonds. The van der Waals surface area contributed by atoms with E-state index >= 15 is 0 Å². The molecule has 4 heteroatoms. The van der Waals surface area contributed by atoms with Crippen molar-refractivity contribution >= 4 is 17.1 Å². The number of hydrogen-bond donors (Lipinski definition) is 0. The Labute approximate surface area is 269 Å². The van der Waals surface area contributed by atoms with Gasteiger partial charge in [0.2, 0.25) is 0 Å². The number of halogens is 1. The predicted octanol–water partition coefficient (Wildman–Crippen LogP) is 6.49. The molecule has 0 radical (unpaired) electrons. The van der Waals surface area contributed by atoms with E-state index in [-0.39, 0.29) is 29.9 Å². The number of anilines is 2. The molecule has 0 aliphatic heterocycles. The summed E-state index contributed by atoms with van der Waals surface area (Å²) in [6, 6.07) is 27.5. The van der Waals surface area contributed by atoms with Gasteiger partial charge in [0.05, 0.1) is 20.6 Å². The summed E-state index contributed by atoms with van der Waals surface area (Å²) < 4.78 is 0.941. The number of benzene rings is 3. The molecule has 226 valence electrons. The van der Waals surface area contributed by atoms with Crippen molar-refractivity contribution in [2.75, 3.05) is 58.6 Å². The molecule has 0 aliphatic carbocycles. The second-order valence-corrected chi connectivity index (χ2v) is 12.6. The van der Waals surface area contributed by atoms with Crippen molar-refractivity contribution in [3.63, 3.8) is 0 Å². The van der Waals surface area contributed by atoms with E-state index in [0.717, 1.165) is 4.48 Å². The summed E-state index contributed by atoms with van der Waals surface area (Å²) in [7, 11) is 13.1. The summed E-state index contributed by atoms with van der Waals surface area (Å²) in [4.78, 5) is 4.32. The van der Waals surface area contributed by atoms with Crippen LogP contribution in [0.1, 0.15) is 93.7 Å². The summed E-state index contributed by atoms with van der Waals surface area (Å²) in [6.45, 7) is 3.49. The van der Waals surface area contributed by atoms with E-state index in [1.807, 2.05) is 0 Å². The maximum Gasteiger partial charge on any atom is 0.132 e. The van der Waals surface area contributed by atoms with Crippen molar-refractivity contribution in [1.82, 2.24) is 4.48 Å². The third kappa shape index (κ3) is 10.9. The fraction of sp³-hybridized carbons (Fsp3) is 0.514. The third-order valence-corrected chi connectivity index (χ3v) is 8.48. The van der Waals surface area contributed by atoms with Crippen molar-refractivity contribution in [2.24, 2.45) is 0 Å². The molecule has 0 aliphatic rings. The van der Waals surface area contributed by atoms with Crippen LogP contribution in [0.3, 0.4) is 0 Å². The van der Waals surface area contributed by atoms with Crippen molar-refractivity contribution in [3.05, 3.63) is 89.5 Å². The molecule has 0 bridgehead atoms. The Kier molecular flexibility index (Phi) is 15.3. The number of unbranched alkanes of at least 4 members (excludes halogenated alkanes) is 9. The molecule has 0 N–H and O–H groups in total. The van der Waals surface area contributed by atoms with Crippen LogP contribution < -0.4 is 38.3 Å². The van der Waals surface area contributed by atoms with Gasteiger partial charge in [-0.2, -0.15) is 0 Å². The molecule has 0 saturated heterocycles. The van der Waals surface area contributed by atoms with Crippen molar-refractivity contribution in [1.29, 1.82) is 0 Å². The highest BCUT2D eigenvalue weighted by Crippen LogP contribution is 2.35. The molecule has 41 heavy (non-hydrogen) atoms. The second-order valence-electron chi connectivity index (χ2n) is 12.6. The molecule has 3 aromatic carbocycles.